The molecule has 0 bridgehead atoms. The van der Waals surface area contributed by atoms with Crippen LogP contribution in [0.25, 0.3) is 0 Å². The van der Waals surface area contributed by atoms with Crippen LogP contribution in [0.1, 0.15) is 47.3 Å². The number of aliphatic hydroxyl groups excluding tert-OH is 1. The van der Waals surface area contributed by atoms with Gasteiger partial charge in [0.2, 0.25) is 0 Å². The lowest BCUT2D eigenvalue weighted by molar-refractivity contribution is -0.139. The first-order valence-electron chi connectivity index (χ1n) is 7.76. The zero-order valence-electron chi connectivity index (χ0n) is 13.7. The number of hydrogen-bond acceptors (Lipinski definition) is 4. The van der Waals surface area contributed by atoms with Crippen molar-refractivity contribution >= 4 is 17.7 Å². The number of imide groups is 1. The maximum absolute atomic E-state index is 12.2. The van der Waals surface area contributed by atoms with E-state index in [9.17, 15) is 19.5 Å². The number of aliphatic hydroxyl groups is 1. The summed E-state index contributed by atoms with van der Waals surface area (Å²) in [6, 6.07) is -0.132. The summed E-state index contributed by atoms with van der Waals surface area (Å²) in [6.07, 6.45) is 3.93. The van der Waals surface area contributed by atoms with Crippen LogP contribution in [0.15, 0.2) is 6.20 Å². The van der Waals surface area contributed by atoms with Crippen molar-refractivity contribution < 1.29 is 19.5 Å². The molecule has 1 aromatic rings. The fraction of sp³-hybridized carbons (Fsp3) is 0.562. The maximum Gasteiger partial charge on any atom is 0.316 e. The molecule has 0 saturated heterocycles. The Morgan fingerprint density at radius 3 is 2.26 bits per heavy atom. The molecule has 0 atom stereocenters. The molecule has 0 unspecified atom stereocenters. The smallest absolute Gasteiger partial charge is 0.316 e. The van der Waals surface area contributed by atoms with Crippen molar-refractivity contribution in [2.75, 3.05) is 0 Å². The van der Waals surface area contributed by atoms with E-state index in [0.717, 1.165) is 11.3 Å². The highest BCUT2D eigenvalue weighted by molar-refractivity contribution is 6.38. The average Bonchev–Trinajstić information content (AvgIpc) is 2.74. The molecule has 0 radical (unpaired) electrons. The fourth-order valence-electron chi connectivity index (χ4n) is 2.95. The molecule has 1 heterocycles. The van der Waals surface area contributed by atoms with Crippen LogP contribution in [-0.2, 0) is 16.6 Å². The molecule has 7 heteroatoms. The van der Waals surface area contributed by atoms with Crippen LogP contribution < -0.4 is 10.6 Å². The predicted molar refractivity (Wildman–Crippen MR) is 83.8 cm³/mol. The number of aryl methyl sites for hydroxylation is 2. The highest BCUT2D eigenvalue weighted by atomic mass is 16.3. The number of aromatic nitrogens is 1. The summed E-state index contributed by atoms with van der Waals surface area (Å²) in [4.78, 5) is 36.0. The van der Waals surface area contributed by atoms with E-state index in [1.807, 2.05) is 7.05 Å². The Balaban J connectivity index is 1.93. The Morgan fingerprint density at radius 2 is 1.74 bits per heavy atom. The molecule has 2 rings (SSSR count). The molecule has 0 spiro atoms. The van der Waals surface area contributed by atoms with Crippen molar-refractivity contribution in [3.63, 3.8) is 0 Å². The zero-order valence-corrected chi connectivity index (χ0v) is 13.7. The summed E-state index contributed by atoms with van der Waals surface area (Å²) in [7, 11) is 1.81. The molecule has 126 valence electrons. The van der Waals surface area contributed by atoms with Gasteiger partial charge in [-0.25, -0.2) is 0 Å². The van der Waals surface area contributed by atoms with E-state index in [-0.39, 0.29) is 12.1 Å². The first kappa shape index (κ1) is 17.2. The summed E-state index contributed by atoms with van der Waals surface area (Å²) < 4.78 is 1.79. The van der Waals surface area contributed by atoms with Crippen LogP contribution in [0.2, 0.25) is 0 Å². The molecule has 1 aromatic heterocycles. The van der Waals surface area contributed by atoms with Crippen molar-refractivity contribution in [1.82, 2.24) is 15.2 Å². The number of nitrogens with one attached hydrogen (secondary N) is 2. The Labute approximate surface area is 135 Å². The standard InChI is InChI=1S/C16H23N3O4/c1-9-8-19(3)10(2)13(9)14(21)18-16(23)15(22)17-11-4-6-12(20)7-5-11/h8,11-12,20H,4-7H2,1-3H3,(H,17,22)(H,18,21,23). The summed E-state index contributed by atoms with van der Waals surface area (Å²) in [5.74, 6) is -2.34. The van der Waals surface area contributed by atoms with Crippen molar-refractivity contribution in [3.05, 3.63) is 23.0 Å². The van der Waals surface area contributed by atoms with Crippen LogP contribution in [0.5, 0.6) is 0 Å². The largest absolute Gasteiger partial charge is 0.393 e. The van der Waals surface area contributed by atoms with E-state index < -0.39 is 17.7 Å². The lowest BCUT2D eigenvalue weighted by Gasteiger charge is -2.25. The second kappa shape index (κ2) is 6.95. The fourth-order valence-corrected chi connectivity index (χ4v) is 2.95. The van der Waals surface area contributed by atoms with E-state index in [2.05, 4.69) is 10.6 Å². The molecule has 1 aliphatic carbocycles. The SMILES string of the molecule is Cc1cn(C)c(C)c1C(=O)NC(=O)C(=O)NC1CCC(O)CC1. The first-order valence-corrected chi connectivity index (χ1v) is 7.76. The minimum absolute atomic E-state index is 0.132. The Hall–Kier alpha value is -2.15. The van der Waals surface area contributed by atoms with Crippen LogP contribution in [0, 0.1) is 13.8 Å². The van der Waals surface area contributed by atoms with Crippen LogP contribution >= 0.6 is 0 Å². The zero-order chi connectivity index (χ0) is 17.1. The van der Waals surface area contributed by atoms with Crippen LogP contribution in [0.3, 0.4) is 0 Å². The summed E-state index contributed by atoms with van der Waals surface area (Å²) in [6.45, 7) is 3.56. The Bertz CT molecular complexity index is 628. The summed E-state index contributed by atoms with van der Waals surface area (Å²) in [5, 5.41) is 14.2. The number of nitrogens with zero attached hydrogens (tertiary/aromatic N) is 1. The lowest BCUT2D eigenvalue weighted by atomic mass is 9.93. The minimum atomic E-state index is -0.955. The topological polar surface area (TPSA) is 100 Å². The van der Waals surface area contributed by atoms with E-state index in [1.54, 1.807) is 24.6 Å². The molecule has 0 aliphatic heterocycles. The lowest BCUT2D eigenvalue weighted by Crippen LogP contribution is -2.47. The van der Waals surface area contributed by atoms with E-state index in [0.29, 0.717) is 31.2 Å². The summed E-state index contributed by atoms with van der Waals surface area (Å²) >= 11 is 0. The van der Waals surface area contributed by atoms with Crippen molar-refractivity contribution in [3.8, 4) is 0 Å². The van der Waals surface area contributed by atoms with Gasteiger partial charge in [0, 0.05) is 25.0 Å². The first-order chi connectivity index (χ1) is 10.8. The van der Waals surface area contributed by atoms with Gasteiger partial charge >= 0.3 is 11.8 Å². The van der Waals surface area contributed by atoms with E-state index in [4.69, 9.17) is 0 Å². The van der Waals surface area contributed by atoms with E-state index >= 15 is 0 Å². The molecule has 7 nitrogen and oxygen atoms in total. The number of carbonyl (C=O) groups is 3. The van der Waals surface area contributed by atoms with Gasteiger partial charge in [0.1, 0.15) is 0 Å². The van der Waals surface area contributed by atoms with Crippen LogP contribution in [0.4, 0.5) is 0 Å². The van der Waals surface area contributed by atoms with Gasteiger partial charge in [0.15, 0.2) is 0 Å². The third kappa shape index (κ3) is 3.98. The molecule has 0 aromatic carbocycles. The highest BCUT2D eigenvalue weighted by Gasteiger charge is 2.25. The minimum Gasteiger partial charge on any atom is -0.393 e. The third-order valence-electron chi connectivity index (χ3n) is 4.36. The molecular formula is C16H23N3O4. The quantitative estimate of drug-likeness (QED) is 0.683. The van der Waals surface area contributed by atoms with Gasteiger partial charge < -0.3 is 15.0 Å². The highest BCUT2D eigenvalue weighted by Crippen LogP contribution is 2.18. The van der Waals surface area contributed by atoms with Gasteiger partial charge in [0.25, 0.3) is 5.91 Å². The molecule has 1 saturated carbocycles. The molecule has 1 fully saturated rings. The van der Waals surface area contributed by atoms with Crippen molar-refractivity contribution in [1.29, 1.82) is 0 Å². The van der Waals surface area contributed by atoms with Crippen molar-refractivity contribution in [2.45, 2.75) is 51.7 Å². The van der Waals surface area contributed by atoms with Gasteiger partial charge in [-0.05, 0) is 45.1 Å². The Kier molecular flexibility index (Phi) is 5.20. The molecule has 23 heavy (non-hydrogen) atoms. The monoisotopic (exact) mass is 321 g/mol. The second-order valence-corrected chi connectivity index (χ2v) is 6.15. The van der Waals surface area contributed by atoms with Crippen LogP contribution in [-0.4, -0.2) is 39.5 Å². The van der Waals surface area contributed by atoms with Crippen molar-refractivity contribution in [2.24, 2.45) is 7.05 Å². The average molecular weight is 321 g/mol. The summed E-state index contributed by atoms with van der Waals surface area (Å²) in [5.41, 5.74) is 1.89. The number of amides is 3. The van der Waals surface area contributed by atoms with Gasteiger partial charge in [-0.2, -0.15) is 0 Å². The molecule has 1 aliphatic rings. The maximum atomic E-state index is 12.2. The second-order valence-electron chi connectivity index (χ2n) is 6.15. The van der Waals surface area contributed by atoms with Gasteiger partial charge in [-0.15, -0.1) is 0 Å². The molecule has 3 amide bonds. The van der Waals surface area contributed by atoms with E-state index in [1.165, 1.54) is 0 Å². The van der Waals surface area contributed by atoms with Gasteiger partial charge in [0.05, 0.1) is 11.7 Å². The number of hydrogen-bond donors (Lipinski definition) is 3. The molecule has 3 N–H and O–H groups in total. The third-order valence-corrected chi connectivity index (χ3v) is 4.36. The Morgan fingerprint density at radius 1 is 1.13 bits per heavy atom. The number of rotatable bonds is 2. The number of carbonyl (C=O) groups excluding carboxylic acids is 3. The predicted octanol–water partition coefficient (Wildman–Crippen LogP) is 0.318. The van der Waals surface area contributed by atoms with Gasteiger partial charge in [-0.3, -0.25) is 19.7 Å². The van der Waals surface area contributed by atoms with Gasteiger partial charge in [-0.1, -0.05) is 0 Å². The molecular weight excluding hydrogens is 298 g/mol. The normalized spacial score (nSPS) is 20.9.